The summed E-state index contributed by atoms with van der Waals surface area (Å²) in [6.07, 6.45) is 2.98. The zero-order valence-electron chi connectivity index (χ0n) is 8.96. The molecule has 0 saturated carbocycles. The van der Waals surface area contributed by atoms with E-state index >= 15 is 0 Å². The van der Waals surface area contributed by atoms with Crippen LogP contribution in [0.1, 0.15) is 23.3 Å². The van der Waals surface area contributed by atoms with E-state index in [0.29, 0.717) is 5.56 Å². The molecule has 1 aliphatic rings. The lowest BCUT2D eigenvalue weighted by atomic mass is 9.96. The van der Waals surface area contributed by atoms with Crippen molar-refractivity contribution in [3.63, 3.8) is 0 Å². The second kappa shape index (κ2) is 10.1. The Bertz CT molecular complexity index is 540. The van der Waals surface area contributed by atoms with Gasteiger partial charge in [-0.25, -0.2) is 0 Å². The van der Waals surface area contributed by atoms with Gasteiger partial charge in [-0.3, -0.25) is 19.4 Å². The van der Waals surface area contributed by atoms with E-state index in [1.807, 2.05) is 12.1 Å². The third-order valence-corrected chi connectivity index (χ3v) is 1.84. The number of carbonyl (C=O) groups excluding carboxylic acids is 2. The number of allylic oxidation sites excluding steroid dienone is 1. The molecule has 0 radical (unpaired) electrons. The van der Waals surface area contributed by atoms with Crippen LogP contribution in [0.4, 0.5) is 0 Å². The van der Waals surface area contributed by atoms with Crippen molar-refractivity contribution in [3.8, 4) is 0 Å². The number of nitrogens with zero attached hydrogens (tertiary/aromatic N) is 6. The molecule has 2 rings (SSSR count). The first kappa shape index (κ1) is 18.3. The van der Waals surface area contributed by atoms with Gasteiger partial charge in [0, 0.05) is 5.56 Å². The summed E-state index contributed by atoms with van der Waals surface area (Å²) < 4.78 is 0. The van der Waals surface area contributed by atoms with Gasteiger partial charge in [0.05, 0.1) is 0 Å². The first-order valence-electron chi connectivity index (χ1n) is 4.45. The van der Waals surface area contributed by atoms with Gasteiger partial charge in [-0.05, 0) is 11.6 Å². The molecule has 1 aromatic rings. The second-order valence-electron chi connectivity index (χ2n) is 2.79. The fourth-order valence-electron chi connectivity index (χ4n) is 1.22. The SMILES string of the molecule is C.O=C1C=Cc2ccccc2C1=O.[N-]=[N+]=[N-].[N-]=[N+]=[N-]. The lowest BCUT2D eigenvalue weighted by molar-refractivity contribution is -0.110. The average molecular weight is 258 g/mol. The number of fused-ring (bicyclic) bond motifs is 1. The second-order valence-corrected chi connectivity index (χ2v) is 2.79. The minimum absolute atomic E-state index is 0. The Hall–Kier alpha value is -3.08. The van der Waals surface area contributed by atoms with Crippen LogP contribution >= 0.6 is 0 Å². The van der Waals surface area contributed by atoms with Crippen LogP contribution in [0.5, 0.6) is 0 Å². The molecule has 0 bridgehead atoms. The molecule has 0 spiro atoms. The van der Waals surface area contributed by atoms with Crippen LogP contribution in [-0.4, -0.2) is 11.6 Å². The Kier molecular flexibility index (Phi) is 9.72. The molecule has 0 aromatic heterocycles. The van der Waals surface area contributed by atoms with Crippen molar-refractivity contribution >= 4 is 17.6 Å². The molecule has 1 aromatic carbocycles. The zero-order chi connectivity index (χ0) is 14.0. The molecule has 0 heterocycles. The summed E-state index contributed by atoms with van der Waals surface area (Å²) in [7, 11) is 0. The van der Waals surface area contributed by atoms with Crippen molar-refractivity contribution in [2.45, 2.75) is 7.43 Å². The highest BCUT2D eigenvalue weighted by atomic mass is 16.2. The molecule has 0 N–H and O–H groups in total. The largest absolute Gasteiger partial charge is 0.373 e. The first-order valence-corrected chi connectivity index (χ1v) is 4.45. The number of benzene rings is 1. The van der Waals surface area contributed by atoms with Crippen molar-refractivity contribution in [1.82, 2.24) is 0 Å². The average Bonchev–Trinajstić information content (AvgIpc) is 2.36. The Balaban J connectivity index is 0. The smallest absolute Gasteiger partial charge is 0.233 e. The summed E-state index contributed by atoms with van der Waals surface area (Å²) in [6.45, 7) is 0. The predicted molar refractivity (Wildman–Crippen MR) is 71.7 cm³/mol. The molecule has 1 aliphatic carbocycles. The van der Waals surface area contributed by atoms with Gasteiger partial charge in [-0.2, -0.15) is 0 Å². The van der Waals surface area contributed by atoms with E-state index in [9.17, 15) is 9.59 Å². The number of ketones is 2. The molecule has 0 aliphatic heterocycles. The molecule has 0 atom stereocenters. The van der Waals surface area contributed by atoms with Crippen molar-refractivity contribution in [1.29, 1.82) is 0 Å². The van der Waals surface area contributed by atoms with E-state index in [2.05, 4.69) is 0 Å². The summed E-state index contributed by atoms with van der Waals surface area (Å²) in [5, 5.41) is 0. The van der Waals surface area contributed by atoms with Gasteiger partial charge in [0.25, 0.3) is 0 Å². The highest BCUT2D eigenvalue weighted by Crippen LogP contribution is 2.16. The van der Waals surface area contributed by atoms with Crippen LogP contribution in [0, 0.1) is 0 Å². The summed E-state index contributed by atoms with van der Waals surface area (Å²) in [6, 6.07) is 7.07. The molecule has 8 nitrogen and oxygen atoms in total. The van der Waals surface area contributed by atoms with Crippen molar-refractivity contribution in [3.05, 3.63) is 73.4 Å². The quantitative estimate of drug-likeness (QED) is 0.300. The Morgan fingerprint density at radius 3 is 1.84 bits per heavy atom. The maximum atomic E-state index is 11.2. The zero-order valence-corrected chi connectivity index (χ0v) is 8.96. The number of carbonyl (C=O) groups is 2. The third-order valence-electron chi connectivity index (χ3n) is 1.84. The van der Waals surface area contributed by atoms with Gasteiger partial charge in [0.2, 0.25) is 11.6 Å². The van der Waals surface area contributed by atoms with E-state index in [4.69, 9.17) is 22.1 Å². The molecular formula is C11H10N6O2-2. The van der Waals surface area contributed by atoms with E-state index in [0.717, 1.165) is 5.56 Å². The highest BCUT2D eigenvalue weighted by molar-refractivity contribution is 6.49. The first-order chi connectivity index (χ1) is 8.62. The molecule has 0 unspecified atom stereocenters. The fraction of sp³-hybridized carbons (Fsp3) is 0.0909. The normalized spacial score (nSPS) is 10.1. The van der Waals surface area contributed by atoms with E-state index in [1.165, 1.54) is 15.9 Å². The third kappa shape index (κ3) is 5.69. The molecule has 0 amide bonds. The van der Waals surface area contributed by atoms with Gasteiger partial charge in [0.1, 0.15) is 0 Å². The molecular weight excluding hydrogens is 248 g/mol. The van der Waals surface area contributed by atoms with Crippen molar-refractivity contribution < 1.29 is 9.59 Å². The van der Waals surface area contributed by atoms with Crippen LogP contribution in [-0.2, 0) is 4.79 Å². The highest BCUT2D eigenvalue weighted by Gasteiger charge is 2.19. The minimum atomic E-state index is -0.436. The van der Waals surface area contributed by atoms with Crippen LogP contribution in [0.2, 0.25) is 0 Å². The summed E-state index contributed by atoms with van der Waals surface area (Å²) in [5.41, 5.74) is 28.3. The summed E-state index contributed by atoms with van der Waals surface area (Å²) >= 11 is 0. The van der Waals surface area contributed by atoms with E-state index in [-0.39, 0.29) is 7.43 Å². The lowest BCUT2D eigenvalue weighted by Gasteiger charge is -2.06. The fourth-order valence-corrected chi connectivity index (χ4v) is 1.22. The molecule has 8 heteroatoms. The van der Waals surface area contributed by atoms with Gasteiger partial charge in [-0.15, -0.1) is 0 Å². The van der Waals surface area contributed by atoms with Gasteiger partial charge in [0.15, 0.2) is 0 Å². The number of Topliss-reactive ketones (excluding diaryl/α,β-unsaturated/α-hetero) is 1. The van der Waals surface area contributed by atoms with Crippen LogP contribution in [0.15, 0.2) is 30.3 Å². The molecule has 98 valence electrons. The van der Waals surface area contributed by atoms with E-state index < -0.39 is 11.6 Å². The monoisotopic (exact) mass is 258 g/mol. The van der Waals surface area contributed by atoms with Crippen molar-refractivity contribution in [2.75, 3.05) is 0 Å². The van der Waals surface area contributed by atoms with Crippen LogP contribution in [0.25, 0.3) is 38.0 Å². The maximum absolute atomic E-state index is 11.2. The Morgan fingerprint density at radius 2 is 1.32 bits per heavy atom. The standard InChI is InChI=1S/C10H6O2.CH4.2N3/c11-9-6-5-7-3-1-2-4-8(7)10(9)12;;2*1-3-2/h1-6H;1H4;;/q;;2*-1. The number of hydrogen-bond acceptors (Lipinski definition) is 2. The van der Waals surface area contributed by atoms with Gasteiger partial charge < -0.3 is 22.1 Å². The van der Waals surface area contributed by atoms with Crippen molar-refractivity contribution in [2.24, 2.45) is 0 Å². The lowest BCUT2D eigenvalue weighted by Crippen LogP contribution is -2.15. The topological polar surface area (TPSA) is 152 Å². The van der Waals surface area contributed by atoms with Gasteiger partial charge in [-0.1, -0.05) is 37.8 Å². The Morgan fingerprint density at radius 1 is 0.842 bits per heavy atom. The summed E-state index contributed by atoms with van der Waals surface area (Å²) in [5.74, 6) is -0.846. The maximum Gasteiger partial charge on any atom is 0.233 e. The van der Waals surface area contributed by atoms with Crippen LogP contribution < -0.4 is 0 Å². The van der Waals surface area contributed by atoms with Gasteiger partial charge >= 0.3 is 0 Å². The Labute approximate surface area is 109 Å². The van der Waals surface area contributed by atoms with E-state index in [1.54, 1.807) is 18.2 Å². The summed E-state index contributed by atoms with van der Waals surface area (Å²) in [4.78, 5) is 25.1. The minimum Gasteiger partial charge on any atom is -0.373 e. The number of hydrogen-bond donors (Lipinski definition) is 0. The predicted octanol–water partition coefficient (Wildman–Crippen LogP) is 3.83. The molecule has 19 heavy (non-hydrogen) atoms. The number of rotatable bonds is 0. The molecule has 0 fully saturated rings. The molecule has 0 saturated heterocycles. The van der Waals surface area contributed by atoms with Crippen LogP contribution in [0.3, 0.4) is 0 Å².